The van der Waals surface area contributed by atoms with Gasteiger partial charge in [-0.3, -0.25) is 0 Å². The fraction of sp³-hybridized carbons (Fsp3) is 0.133. The summed E-state index contributed by atoms with van der Waals surface area (Å²) < 4.78 is 31.4. The number of methoxy groups -OCH3 is 1. The van der Waals surface area contributed by atoms with E-state index in [9.17, 15) is 13.6 Å². The normalized spacial score (nSPS) is 10.4. The molecule has 0 heterocycles. The number of hydrogen-bond donors (Lipinski definition) is 1. The lowest BCUT2D eigenvalue weighted by atomic mass is 9.97. The van der Waals surface area contributed by atoms with Crippen LogP contribution in [0.2, 0.25) is 0 Å². The monoisotopic (exact) mass is 277 g/mol. The molecule has 0 aliphatic heterocycles. The first-order valence-electron chi connectivity index (χ1n) is 5.88. The fourth-order valence-corrected chi connectivity index (χ4v) is 1.94. The number of esters is 1. The van der Waals surface area contributed by atoms with E-state index in [1.807, 2.05) is 0 Å². The van der Waals surface area contributed by atoms with Gasteiger partial charge in [0.2, 0.25) is 0 Å². The lowest BCUT2D eigenvalue weighted by molar-refractivity contribution is 0.0600. The summed E-state index contributed by atoms with van der Waals surface area (Å²) in [5.41, 5.74) is 7.54. The maximum Gasteiger partial charge on any atom is 0.338 e. The zero-order valence-electron chi connectivity index (χ0n) is 11.0. The number of benzene rings is 2. The van der Waals surface area contributed by atoms with E-state index in [-0.39, 0.29) is 11.1 Å². The molecule has 0 unspecified atom stereocenters. The molecular formula is C15H13F2NO2. The molecule has 0 atom stereocenters. The van der Waals surface area contributed by atoms with Gasteiger partial charge in [-0.1, -0.05) is 0 Å². The molecule has 0 amide bonds. The van der Waals surface area contributed by atoms with Crippen LogP contribution < -0.4 is 5.73 Å². The van der Waals surface area contributed by atoms with E-state index in [0.29, 0.717) is 16.8 Å². The van der Waals surface area contributed by atoms with Gasteiger partial charge in [0, 0.05) is 17.3 Å². The third-order valence-electron chi connectivity index (χ3n) is 3.10. The molecule has 5 heteroatoms. The highest BCUT2D eigenvalue weighted by Gasteiger charge is 2.15. The van der Waals surface area contributed by atoms with Crippen LogP contribution in [0.15, 0.2) is 30.3 Å². The van der Waals surface area contributed by atoms with Gasteiger partial charge >= 0.3 is 5.97 Å². The Morgan fingerprint density at radius 1 is 1.20 bits per heavy atom. The maximum atomic E-state index is 13.8. The Kier molecular flexibility index (Phi) is 3.70. The van der Waals surface area contributed by atoms with E-state index in [4.69, 9.17) is 5.73 Å². The molecule has 0 spiro atoms. The van der Waals surface area contributed by atoms with Crippen LogP contribution in [-0.4, -0.2) is 13.1 Å². The molecule has 2 N–H and O–H groups in total. The second kappa shape index (κ2) is 5.28. The number of carbonyl (C=O) groups is 1. The fourth-order valence-electron chi connectivity index (χ4n) is 1.94. The second-order valence-corrected chi connectivity index (χ2v) is 4.35. The molecule has 0 aliphatic carbocycles. The van der Waals surface area contributed by atoms with Crippen LogP contribution in [0.1, 0.15) is 15.9 Å². The molecule has 20 heavy (non-hydrogen) atoms. The maximum absolute atomic E-state index is 13.8. The number of carbonyl (C=O) groups excluding carboxylic acids is 1. The van der Waals surface area contributed by atoms with Gasteiger partial charge in [-0.25, -0.2) is 13.6 Å². The number of nitrogen functional groups attached to an aromatic ring is 1. The average Bonchev–Trinajstić information content (AvgIpc) is 2.41. The Labute approximate surface area is 115 Å². The molecule has 104 valence electrons. The van der Waals surface area contributed by atoms with Crippen LogP contribution in [0.4, 0.5) is 14.5 Å². The van der Waals surface area contributed by atoms with Gasteiger partial charge in [-0.2, -0.15) is 0 Å². The van der Waals surface area contributed by atoms with E-state index in [0.717, 1.165) is 12.1 Å². The quantitative estimate of drug-likeness (QED) is 0.676. The third kappa shape index (κ3) is 2.47. The predicted octanol–water partition coefficient (Wildman–Crippen LogP) is 3.31. The summed E-state index contributed by atoms with van der Waals surface area (Å²) >= 11 is 0. The first-order valence-corrected chi connectivity index (χ1v) is 5.88. The standard InChI is InChI=1S/C15H13F2NO2/c1-8-12(15(19)20-2)5-9(6-14(8)18)11-4-3-10(16)7-13(11)17/h3-7H,18H2,1-2H3. The van der Waals surface area contributed by atoms with Crippen molar-refractivity contribution in [3.8, 4) is 11.1 Å². The van der Waals surface area contributed by atoms with Gasteiger partial charge in [0.1, 0.15) is 11.6 Å². The SMILES string of the molecule is COC(=O)c1cc(-c2ccc(F)cc2F)cc(N)c1C. The largest absolute Gasteiger partial charge is 0.465 e. The number of halogens is 2. The zero-order chi connectivity index (χ0) is 14.9. The smallest absolute Gasteiger partial charge is 0.338 e. The minimum absolute atomic E-state index is 0.170. The van der Waals surface area contributed by atoms with Crippen LogP contribution in [-0.2, 0) is 4.74 Å². The Morgan fingerprint density at radius 3 is 2.50 bits per heavy atom. The van der Waals surface area contributed by atoms with Crippen LogP contribution in [0, 0.1) is 18.6 Å². The minimum atomic E-state index is -0.718. The number of nitrogens with two attached hydrogens (primary N) is 1. The lowest BCUT2D eigenvalue weighted by Gasteiger charge is -2.11. The Morgan fingerprint density at radius 2 is 1.90 bits per heavy atom. The van der Waals surface area contributed by atoms with Gasteiger partial charge < -0.3 is 10.5 Å². The van der Waals surface area contributed by atoms with E-state index in [2.05, 4.69) is 4.74 Å². The van der Waals surface area contributed by atoms with Crippen molar-refractivity contribution in [3.05, 3.63) is 53.1 Å². The number of anilines is 1. The lowest BCUT2D eigenvalue weighted by Crippen LogP contribution is -2.06. The Balaban J connectivity index is 2.63. The van der Waals surface area contributed by atoms with Crippen molar-refractivity contribution in [2.45, 2.75) is 6.92 Å². The second-order valence-electron chi connectivity index (χ2n) is 4.35. The molecule has 2 aromatic carbocycles. The number of ether oxygens (including phenoxy) is 1. The van der Waals surface area contributed by atoms with E-state index in [1.165, 1.54) is 25.3 Å². The topological polar surface area (TPSA) is 52.3 Å². The molecule has 0 aliphatic rings. The molecule has 0 fully saturated rings. The summed E-state index contributed by atoms with van der Waals surface area (Å²) in [5, 5.41) is 0. The van der Waals surface area contributed by atoms with Crippen LogP contribution >= 0.6 is 0 Å². The van der Waals surface area contributed by atoms with Crippen LogP contribution in [0.25, 0.3) is 11.1 Å². The highest BCUT2D eigenvalue weighted by molar-refractivity contribution is 5.94. The van der Waals surface area contributed by atoms with Crippen molar-refractivity contribution in [1.29, 1.82) is 0 Å². The molecule has 0 aromatic heterocycles. The van der Waals surface area contributed by atoms with Gasteiger partial charge in [-0.05, 0) is 42.3 Å². The molecule has 0 bridgehead atoms. The zero-order valence-corrected chi connectivity index (χ0v) is 11.0. The summed E-state index contributed by atoms with van der Waals surface area (Å²) in [5.74, 6) is -1.94. The molecule has 2 aromatic rings. The van der Waals surface area contributed by atoms with E-state index >= 15 is 0 Å². The minimum Gasteiger partial charge on any atom is -0.465 e. The first kappa shape index (κ1) is 14.0. The molecular weight excluding hydrogens is 264 g/mol. The van der Waals surface area contributed by atoms with Crippen molar-refractivity contribution >= 4 is 11.7 Å². The van der Waals surface area contributed by atoms with Gasteiger partial charge in [0.25, 0.3) is 0 Å². The van der Waals surface area contributed by atoms with Gasteiger partial charge in [0.15, 0.2) is 0 Å². The van der Waals surface area contributed by atoms with Crippen molar-refractivity contribution < 1.29 is 18.3 Å². The van der Waals surface area contributed by atoms with Crippen molar-refractivity contribution in [1.82, 2.24) is 0 Å². The number of hydrogen-bond acceptors (Lipinski definition) is 3. The Bertz CT molecular complexity index is 684. The summed E-state index contributed by atoms with van der Waals surface area (Å²) in [6.07, 6.45) is 0. The first-order chi connectivity index (χ1) is 9.43. The van der Waals surface area contributed by atoms with Gasteiger partial charge in [-0.15, -0.1) is 0 Å². The van der Waals surface area contributed by atoms with Crippen molar-refractivity contribution in [2.75, 3.05) is 12.8 Å². The van der Waals surface area contributed by atoms with E-state index < -0.39 is 17.6 Å². The van der Waals surface area contributed by atoms with E-state index in [1.54, 1.807) is 6.92 Å². The molecule has 0 radical (unpaired) electrons. The van der Waals surface area contributed by atoms with Gasteiger partial charge in [0.05, 0.1) is 12.7 Å². The third-order valence-corrected chi connectivity index (χ3v) is 3.10. The predicted molar refractivity (Wildman–Crippen MR) is 72.3 cm³/mol. The summed E-state index contributed by atoms with van der Waals surface area (Å²) in [7, 11) is 1.25. The van der Waals surface area contributed by atoms with Crippen LogP contribution in [0.3, 0.4) is 0 Å². The van der Waals surface area contributed by atoms with Crippen molar-refractivity contribution in [2.24, 2.45) is 0 Å². The van der Waals surface area contributed by atoms with Crippen LogP contribution in [0.5, 0.6) is 0 Å². The molecule has 0 saturated heterocycles. The molecule has 3 nitrogen and oxygen atoms in total. The Hall–Kier alpha value is -2.43. The molecule has 0 saturated carbocycles. The summed E-state index contributed by atoms with van der Waals surface area (Å²) in [4.78, 5) is 11.7. The average molecular weight is 277 g/mol. The molecule has 2 rings (SSSR count). The highest BCUT2D eigenvalue weighted by atomic mass is 19.1. The van der Waals surface area contributed by atoms with Crippen molar-refractivity contribution in [3.63, 3.8) is 0 Å². The summed E-state index contributed by atoms with van der Waals surface area (Å²) in [6, 6.07) is 6.25. The number of rotatable bonds is 2. The highest BCUT2D eigenvalue weighted by Crippen LogP contribution is 2.29. The summed E-state index contributed by atoms with van der Waals surface area (Å²) in [6.45, 7) is 1.67.